The van der Waals surface area contributed by atoms with Crippen molar-refractivity contribution in [2.75, 3.05) is 19.8 Å². The fourth-order valence-electron chi connectivity index (χ4n) is 2.05. The topological polar surface area (TPSA) is 30.5 Å². The molecule has 1 unspecified atom stereocenters. The van der Waals surface area contributed by atoms with Crippen molar-refractivity contribution in [3.05, 3.63) is 24.3 Å². The lowest BCUT2D eigenvalue weighted by Crippen LogP contribution is -2.25. The Morgan fingerprint density at radius 1 is 0.950 bits per heavy atom. The molecule has 0 aromatic heterocycles. The van der Waals surface area contributed by atoms with Gasteiger partial charge in [-0.05, 0) is 63.4 Å². The molecule has 0 aliphatic heterocycles. The average molecular weight is 279 g/mol. The molecule has 0 aliphatic carbocycles. The minimum Gasteiger partial charge on any atom is -0.494 e. The first-order valence-corrected chi connectivity index (χ1v) is 7.85. The maximum absolute atomic E-state index is 5.73. The van der Waals surface area contributed by atoms with E-state index >= 15 is 0 Å². The quantitative estimate of drug-likeness (QED) is 0.621. The monoisotopic (exact) mass is 279 g/mol. The van der Waals surface area contributed by atoms with Gasteiger partial charge in [0.25, 0.3) is 0 Å². The Hall–Kier alpha value is -1.22. The third-order valence-electron chi connectivity index (χ3n) is 3.15. The van der Waals surface area contributed by atoms with Gasteiger partial charge in [0, 0.05) is 6.04 Å². The number of ether oxygens (including phenoxy) is 2. The number of nitrogens with one attached hydrogen (secondary N) is 1. The van der Waals surface area contributed by atoms with Crippen LogP contribution >= 0.6 is 0 Å². The molecule has 1 aromatic carbocycles. The van der Waals surface area contributed by atoms with Crippen LogP contribution in [0.5, 0.6) is 11.5 Å². The van der Waals surface area contributed by atoms with Crippen LogP contribution in [0, 0.1) is 0 Å². The van der Waals surface area contributed by atoms with Gasteiger partial charge in [0.15, 0.2) is 0 Å². The minimum absolute atomic E-state index is 0.606. The zero-order chi connectivity index (χ0) is 14.6. The Bertz CT molecular complexity index is 337. The lowest BCUT2D eigenvalue weighted by molar-refractivity contribution is 0.298. The fourth-order valence-corrected chi connectivity index (χ4v) is 2.05. The van der Waals surface area contributed by atoms with E-state index in [-0.39, 0.29) is 0 Å². The van der Waals surface area contributed by atoms with Crippen LogP contribution in [-0.2, 0) is 0 Å². The van der Waals surface area contributed by atoms with Crippen LogP contribution < -0.4 is 14.8 Å². The summed E-state index contributed by atoms with van der Waals surface area (Å²) in [5.74, 6) is 1.84. The molecule has 0 bridgehead atoms. The van der Waals surface area contributed by atoms with E-state index in [0.717, 1.165) is 44.1 Å². The molecule has 0 fully saturated rings. The van der Waals surface area contributed by atoms with Gasteiger partial charge in [-0.15, -0.1) is 0 Å². The summed E-state index contributed by atoms with van der Waals surface area (Å²) in [4.78, 5) is 0. The fraction of sp³-hybridized carbons (Fsp3) is 0.647. The molecular weight excluding hydrogens is 250 g/mol. The lowest BCUT2D eigenvalue weighted by Gasteiger charge is -2.12. The first-order valence-electron chi connectivity index (χ1n) is 7.85. The molecule has 3 nitrogen and oxygen atoms in total. The van der Waals surface area contributed by atoms with Crippen LogP contribution in [0.25, 0.3) is 0 Å². The number of unbranched alkanes of at least 4 members (excludes halogenated alkanes) is 1. The summed E-state index contributed by atoms with van der Waals surface area (Å²) in [6.07, 6.45) is 4.54. The molecule has 0 spiro atoms. The van der Waals surface area contributed by atoms with Crippen molar-refractivity contribution in [2.45, 2.75) is 52.5 Å². The second-order valence-corrected chi connectivity index (χ2v) is 5.12. The first kappa shape index (κ1) is 16.8. The van der Waals surface area contributed by atoms with E-state index in [1.54, 1.807) is 0 Å². The number of rotatable bonds is 11. The smallest absolute Gasteiger partial charge is 0.119 e. The summed E-state index contributed by atoms with van der Waals surface area (Å²) in [6.45, 7) is 9.09. The largest absolute Gasteiger partial charge is 0.494 e. The summed E-state index contributed by atoms with van der Waals surface area (Å²) in [6, 6.07) is 8.50. The van der Waals surface area contributed by atoms with Gasteiger partial charge in [-0.3, -0.25) is 0 Å². The second kappa shape index (κ2) is 10.6. The molecule has 0 saturated carbocycles. The van der Waals surface area contributed by atoms with E-state index in [9.17, 15) is 0 Å². The van der Waals surface area contributed by atoms with Gasteiger partial charge in [-0.2, -0.15) is 0 Å². The molecular formula is C17H29NO2. The Morgan fingerprint density at radius 3 is 2.10 bits per heavy atom. The molecule has 0 aliphatic rings. The summed E-state index contributed by atoms with van der Waals surface area (Å²) < 4.78 is 11.3. The van der Waals surface area contributed by atoms with Crippen molar-refractivity contribution in [3.8, 4) is 11.5 Å². The number of hydrogen-bond acceptors (Lipinski definition) is 3. The van der Waals surface area contributed by atoms with E-state index in [1.807, 2.05) is 24.3 Å². The van der Waals surface area contributed by atoms with E-state index in [4.69, 9.17) is 9.47 Å². The lowest BCUT2D eigenvalue weighted by atomic mass is 10.1. The molecule has 1 rings (SSSR count). The van der Waals surface area contributed by atoms with Crippen LogP contribution in [0.1, 0.15) is 46.5 Å². The standard InChI is InChI=1S/C17H29NO2/c1-4-13-19-16-9-11-17(12-10-16)20-14-7-6-8-15(3)18-5-2/h9-12,15,18H,4-8,13-14H2,1-3H3. The molecule has 0 radical (unpaired) electrons. The van der Waals surface area contributed by atoms with Crippen molar-refractivity contribution in [3.63, 3.8) is 0 Å². The predicted molar refractivity (Wildman–Crippen MR) is 84.7 cm³/mol. The SMILES string of the molecule is CCCOc1ccc(OCCCCC(C)NCC)cc1. The molecule has 1 atom stereocenters. The van der Waals surface area contributed by atoms with Gasteiger partial charge < -0.3 is 14.8 Å². The zero-order valence-electron chi connectivity index (χ0n) is 13.2. The molecule has 3 heteroatoms. The third-order valence-corrected chi connectivity index (χ3v) is 3.15. The highest BCUT2D eigenvalue weighted by Gasteiger charge is 2.00. The Labute approximate surface area is 123 Å². The van der Waals surface area contributed by atoms with Crippen molar-refractivity contribution >= 4 is 0 Å². The Balaban J connectivity index is 2.12. The van der Waals surface area contributed by atoms with Crippen molar-refractivity contribution < 1.29 is 9.47 Å². The van der Waals surface area contributed by atoms with Crippen molar-refractivity contribution in [2.24, 2.45) is 0 Å². The molecule has 114 valence electrons. The molecule has 1 N–H and O–H groups in total. The summed E-state index contributed by atoms with van der Waals surface area (Å²) >= 11 is 0. The average Bonchev–Trinajstić information content (AvgIpc) is 2.46. The maximum atomic E-state index is 5.73. The van der Waals surface area contributed by atoms with Crippen LogP contribution in [-0.4, -0.2) is 25.8 Å². The minimum atomic E-state index is 0.606. The Kier molecular flexibility index (Phi) is 8.88. The second-order valence-electron chi connectivity index (χ2n) is 5.12. The van der Waals surface area contributed by atoms with E-state index in [1.165, 1.54) is 12.8 Å². The third kappa shape index (κ3) is 7.39. The summed E-state index contributed by atoms with van der Waals surface area (Å²) in [7, 11) is 0. The van der Waals surface area contributed by atoms with E-state index in [2.05, 4.69) is 26.1 Å². The van der Waals surface area contributed by atoms with Gasteiger partial charge in [-0.1, -0.05) is 13.8 Å². The highest BCUT2D eigenvalue weighted by molar-refractivity contribution is 5.31. The molecule has 1 aromatic rings. The van der Waals surface area contributed by atoms with Crippen LogP contribution in [0.2, 0.25) is 0 Å². The van der Waals surface area contributed by atoms with Crippen LogP contribution in [0.15, 0.2) is 24.3 Å². The van der Waals surface area contributed by atoms with Crippen LogP contribution in [0.4, 0.5) is 0 Å². The van der Waals surface area contributed by atoms with Gasteiger partial charge in [0.05, 0.1) is 13.2 Å². The van der Waals surface area contributed by atoms with Crippen LogP contribution in [0.3, 0.4) is 0 Å². The maximum Gasteiger partial charge on any atom is 0.119 e. The summed E-state index contributed by atoms with van der Waals surface area (Å²) in [5.41, 5.74) is 0. The van der Waals surface area contributed by atoms with Crippen molar-refractivity contribution in [1.29, 1.82) is 0 Å². The van der Waals surface area contributed by atoms with Gasteiger partial charge in [0.1, 0.15) is 11.5 Å². The Morgan fingerprint density at radius 2 is 1.55 bits per heavy atom. The molecule has 0 saturated heterocycles. The molecule has 0 heterocycles. The highest BCUT2D eigenvalue weighted by atomic mass is 16.5. The van der Waals surface area contributed by atoms with E-state index < -0.39 is 0 Å². The van der Waals surface area contributed by atoms with E-state index in [0.29, 0.717) is 6.04 Å². The highest BCUT2D eigenvalue weighted by Crippen LogP contribution is 2.18. The predicted octanol–water partition coefficient (Wildman–Crippen LogP) is 4.02. The summed E-state index contributed by atoms with van der Waals surface area (Å²) in [5, 5.41) is 3.42. The first-order chi connectivity index (χ1) is 9.76. The zero-order valence-corrected chi connectivity index (χ0v) is 13.2. The number of benzene rings is 1. The molecule has 20 heavy (non-hydrogen) atoms. The molecule has 0 amide bonds. The van der Waals surface area contributed by atoms with Gasteiger partial charge in [-0.25, -0.2) is 0 Å². The normalized spacial score (nSPS) is 12.2. The van der Waals surface area contributed by atoms with Gasteiger partial charge in [0.2, 0.25) is 0 Å². The van der Waals surface area contributed by atoms with Crippen molar-refractivity contribution in [1.82, 2.24) is 5.32 Å². The van der Waals surface area contributed by atoms with Gasteiger partial charge >= 0.3 is 0 Å². The number of hydrogen-bond donors (Lipinski definition) is 1.